The van der Waals surface area contributed by atoms with Gasteiger partial charge in [-0.15, -0.1) is 0 Å². The summed E-state index contributed by atoms with van der Waals surface area (Å²) in [5, 5.41) is 0. The van der Waals surface area contributed by atoms with E-state index in [1.807, 2.05) is 45.9 Å². The van der Waals surface area contributed by atoms with Crippen LogP contribution in [0, 0.1) is 0 Å². The van der Waals surface area contributed by atoms with Crippen LogP contribution >= 0.6 is 0 Å². The Labute approximate surface area is 98.4 Å². The lowest BCUT2D eigenvalue weighted by Crippen LogP contribution is -2.22. The van der Waals surface area contributed by atoms with Crippen LogP contribution in [-0.2, 0) is 4.74 Å². The van der Waals surface area contributed by atoms with Crippen LogP contribution in [-0.4, -0.2) is 11.5 Å². The average molecular weight is 219 g/mol. The van der Waals surface area contributed by atoms with Gasteiger partial charge in [0.2, 0.25) is 0 Å². The third kappa shape index (κ3) is 4.47. The Morgan fingerprint density at radius 3 is 2.25 bits per heavy atom. The molecule has 88 valence electrons. The number of aliphatic imine (C=N–C) groups is 1. The monoisotopic (exact) mass is 219 g/mol. The van der Waals surface area contributed by atoms with Crippen LogP contribution in [0.25, 0.3) is 0 Å². The van der Waals surface area contributed by atoms with E-state index in [0.29, 0.717) is 0 Å². The van der Waals surface area contributed by atoms with Crippen molar-refractivity contribution in [3.63, 3.8) is 0 Å². The van der Waals surface area contributed by atoms with E-state index in [-0.39, 0.29) is 11.6 Å². The third-order valence-corrected chi connectivity index (χ3v) is 2.11. The molecule has 1 unspecified atom stereocenters. The van der Waals surface area contributed by atoms with Crippen LogP contribution in [0.1, 0.15) is 46.2 Å². The van der Waals surface area contributed by atoms with E-state index >= 15 is 0 Å². The summed E-state index contributed by atoms with van der Waals surface area (Å²) in [6, 6.07) is 10.4. The molecule has 0 bridgehead atoms. The molecular formula is C14H21NO. The lowest BCUT2D eigenvalue weighted by atomic mass is 10.1. The van der Waals surface area contributed by atoms with E-state index in [1.54, 1.807) is 0 Å². The smallest absolute Gasteiger partial charge is 0.181 e. The molecule has 0 radical (unpaired) electrons. The largest absolute Gasteiger partial charge is 0.476 e. The van der Waals surface area contributed by atoms with Crippen molar-refractivity contribution in [2.24, 2.45) is 4.99 Å². The molecule has 1 aromatic rings. The van der Waals surface area contributed by atoms with E-state index in [9.17, 15) is 0 Å². The molecule has 16 heavy (non-hydrogen) atoms. The molecule has 0 amide bonds. The maximum absolute atomic E-state index is 5.68. The molecule has 2 nitrogen and oxygen atoms in total. The van der Waals surface area contributed by atoms with Gasteiger partial charge in [-0.05, 0) is 33.3 Å². The van der Waals surface area contributed by atoms with Crippen LogP contribution in [0.3, 0.4) is 0 Å². The van der Waals surface area contributed by atoms with Crippen molar-refractivity contribution in [3.8, 4) is 0 Å². The molecule has 1 aromatic carbocycles. The summed E-state index contributed by atoms with van der Waals surface area (Å²) in [6.45, 7) is 10.1. The van der Waals surface area contributed by atoms with Crippen LogP contribution in [0.5, 0.6) is 0 Å². The molecule has 0 fully saturated rings. The molecule has 0 aromatic heterocycles. The fourth-order valence-electron chi connectivity index (χ4n) is 1.55. The minimum Gasteiger partial charge on any atom is -0.476 e. The first-order valence-electron chi connectivity index (χ1n) is 5.67. The Hall–Kier alpha value is -1.31. The molecule has 0 heterocycles. The van der Waals surface area contributed by atoms with E-state index in [0.717, 1.165) is 5.90 Å². The van der Waals surface area contributed by atoms with Gasteiger partial charge in [0, 0.05) is 6.92 Å². The van der Waals surface area contributed by atoms with Crippen LogP contribution in [0.2, 0.25) is 0 Å². The molecule has 2 heteroatoms. The molecule has 0 N–H and O–H groups in total. The summed E-state index contributed by atoms with van der Waals surface area (Å²) in [6.07, 6.45) is 0. The highest BCUT2D eigenvalue weighted by atomic mass is 16.5. The molecule has 0 aliphatic heterocycles. The van der Waals surface area contributed by atoms with Crippen LogP contribution in [0.15, 0.2) is 35.3 Å². The minimum atomic E-state index is -0.177. The van der Waals surface area contributed by atoms with Gasteiger partial charge in [0.05, 0.1) is 6.04 Å². The fourth-order valence-corrected chi connectivity index (χ4v) is 1.55. The molecule has 0 aliphatic rings. The third-order valence-electron chi connectivity index (χ3n) is 2.11. The number of nitrogens with zero attached hydrogens (tertiary/aromatic N) is 1. The SMILES string of the molecule is CC(=NC(C)c1ccccc1)OC(C)(C)C. The van der Waals surface area contributed by atoms with Crippen molar-refractivity contribution in [2.45, 2.75) is 46.3 Å². The van der Waals surface area contributed by atoms with Crippen molar-refractivity contribution in [2.75, 3.05) is 0 Å². The van der Waals surface area contributed by atoms with Crippen molar-refractivity contribution in [1.82, 2.24) is 0 Å². The van der Waals surface area contributed by atoms with Crippen molar-refractivity contribution in [1.29, 1.82) is 0 Å². The average Bonchev–Trinajstić information content (AvgIpc) is 2.16. The van der Waals surface area contributed by atoms with Crippen LogP contribution in [0.4, 0.5) is 0 Å². The Balaban J connectivity index is 2.70. The van der Waals surface area contributed by atoms with Gasteiger partial charge >= 0.3 is 0 Å². The van der Waals surface area contributed by atoms with Crippen molar-refractivity contribution >= 4 is 5.90 Å². The quantitative estimate of drug-likeness (QED) is 0.544. The van der Waals surface area contributed by atoms with Gasteiger partial charge < -0.3 is 4.74 Å². The Morgan fingerprint density at radius 1 is 1.19 bits per heavy atom. The number of ether oxygens (including phenoxy) is 1. The molecule has 0 spiro atoms. The summed E-state index contributed by atoms with van der Waals surface area (Å²) in [5.41, 5.74) is 1.03. The topological polar surface area (TPSA) is 21.6 Å². The lowest BCUT2D eigenvalue weighted by molar-refractivity contribution is 0.114. The number of rotatable bonds is 2. The van der Waals surface area contributed by atoms with E-state index in [4.69, 9.17) is 4.74 Å². The lowest BCUT2D eigenvalue weighted by Gasteiger charge is -2.21. The minimum absolute atomic E-state index is 0.142. The van der Waals surface area contributed by atoms with Gasteiger partial charge in [0.25, 0.3) is 0 Å². The Kier molecular flexibility index (Phi) is 4.11. The van der Waals surface area contributed by atoms with Gasteiger partial charge in [-0.25, -0.2) is 4.99 Å². The molecule has 0 saturated heterocycles. The van der Waals surface area contributed by atoms with Gasteiger partial charge in [0.15, 0.2) is 5.90 Å². The van der Waals surface area contributed by atoms with E-state index in [2.05, 4.69) is 24.0 Å². The highest BCUT2D eigenvalue weighted by Crippen LogP contribution is 2.17. The number of benzene rings is 1. The van der Waals surface area contributed by atoms with Crippen LogP contribution < -0.4 is 0 Å². The predicted molar refractivity (Wildman–Crippen MR) is 68.8 cm³/mol. The normalized spacial score (nSPS) is 14.7. The summed E-state index contributed by atoms with van der Waals surface area (Å²) in [5.74, 6) is 0.740. The zero-order chi connectivity index (χ0) is 12.2. The molecule has 0 aliphatic carbocycles. The Bertz CT molecular complexity index is 349. The molecule has 1 rings (SSSR count). The first-order chi connectivity index (χ1) is 7.38. The van der Waals surface area contributed by atoms with Crippen molar-refractivity contribution < 1.29 is 4.74 Å². The number of hydrogen-bond acceptors (Lipinski definition) is 2. The molecule has 1 atom stereocenters. The maximum atomic E-state index is 5.68. The standard InChI is InChI=1S/C14H21NO/c1-11(13-9-7-6-8-10-13)15-12(2)16-14(3,4)5/h6-11H,1-5H3. The second kappa shape index (κ2) is 5.15. The molecular weight excluding hydrogens is 198 g/mol. The maximum Gasteiger partial charge on any atom is 0.181 e. The fraction of sp³-hybridized carbons (Fsp3) is 0.500. The summed E-state index contributed by atoms with van der Waals surface area (Å²) < 4.78 is 5.68. The summed E-state index contributed by atoms with van der Waals surface area (Å²) in [7, 11) is 0. The van der Waals surface area contributed by atoms with Gasteiger partial charge in [-0.2, -0.15) is 0 Å². The highest BCUT2D eigenvalue weighted by Gasteiger charge is 2.12. The van der Waals surface area contributed by atoms with Gasteiger partial charge in [-0.3, -0.25) is 0 Å². The molecule has 0 saturated carbocycles. The highest BCUT2D eigenvalue weighted by molar-refractivity contribution is 5.73. The second-order valence-electron chi connectivity index (χ2n) is 4.95. The first-order valence-corrected chi connectivity index (χ1v) is 5.67. The van der Waals surface area contributed by atoms with Gasteiger partial charge in [-0.1, -0.05) is 30.3 Å². The summed E-state index contributed by atoms with van der Waals surface area (Å²) >= 11 is 0. The van der Waals surface area contributed by atoms with E-state index < -0.39 is 0 Å². The zero-order valence-electron chi connectivity index (χ0n) is 10.8. The zero-order valence-corrected chi connectivity index (χ0v) is 10.8. The second-order valence-corrected chi connectivity index (χ2v) is 4.95. The summed E-state index contributed by atoms with van der Waals surface area (Å²) in [4.78, 5) is 4.53. The van der Waals surface area contributed by atoms with Gasteiger partial charge in [0.1, 0.15) is 5.60 Å². The van der Waals surface area contributed by atoms with Crippen molar-refractivity contribution in [3.05, 3.63) is 35.9 Å². The Morgan fingerprint density at radius 2 is 1.75 bits per heavy atom. The van der Waals surface area contributed by atoms with E-state index in [1.165, 1.54) is 5.56 Å². The predicted octanol–water partition coefficient (Wildman–Crippen LogP) is 3.98. The first kappa shape index (κ1) is 12.8. The number of hydrogen-bond donors (Lipinski definition) is 0.